The number of aromatic amines is 1. The van der Waals surface area contributed by atoms with E-state index in [-0.39, 0.29) is 74.8 Å². The third-order valence-corrected chi connectivity index (χ3v) is 18.2. The van der Waals surface area contributed by atoms with Crippen LogP contribution in [0.3, 0.4) is 0 Å². The topological polar surface area (TPSA) is 636 Å². The number of nitrogen functional groups attached to an aromatic ring is 1. The summed E-state index contributed by atoms with van der Waals surface area (Å²) in [6.07, 6.45) is -7.45. The smallest absolute Gasteiger partial charge is 0.327 e. The van der Waals surface area contributed by atoms with E-state index in [0.29, 0.717) is 23.1 Å². The number of phenols is 2. The lowest BCUT2D eigenvalue weighted by atomic mass is 9.71. The van der Waals surface area contributed by atoms with Crippen molar-refractivity contribution in [2.75, 3.05) is 30.5 Å². The van der Waals surface area contributed by atoms with Crippen LogP contribution in [0.2, 0.25) is 0 Å². The van der Waals surface area contributed by atoms with Gasteiger partial charge in [-0.3, -0.25) is 58.1 Å². The average molecular weight is 1450 g/mol. The van der Waals surface area contributed by atoms with Gasteiger partial charge >= 0.3 is 17.9 Å². The molecule has 1 fully saturated rings. The highest BCUT2D eigenvalue weighted by Crippen LogP contribution is 2.53. The summed E-state index contributed by atoms with van der Waals surface area (Å²) in [5.74, 6) is -15.6. The van der Waals surface area contributed by atoms with Crippen molar-refractivity contribution in [3.63, 3.8) is 0 Å². The first-order chi connectivity index (χ1) is 48.8. The Kier molecular flexibility index (Phi) is 23.6. The van der Waals surface area contributed by atoms with Crippen molar-refractivity contribution in [1.82, 2.24) is 56.6 Å². The van der Waals surface area contributed by atoms with Gasteiger partial charge in [0, 0.05) is 91.0 Å². The van der Waals surface area contributed by atoms with E-state index >= 15 is 0 Å². The van der Waals surface area contributed by atoms with Crippen molar-refractivity contribution in [2.24, 2.45) is 11.5 Å². The van der Waals surface area contributed by atoms with E-state index < -0.39 is 223 Å². The third kappa shape index (κ3) is 17.2. The summed E-state index contributed by atoms with van der Waals surface area (Å²) in [6.45, 7) is 0.447. The number of amides is 5. The number of H-pyrrole nitrogens is 1. The number of aromatic hydroxyl groups is 4. The van der Waals surface area contributed by atoms with Crippen LogP contribution in [0.4, 0.5) is 11.6 Å². The molecule has 0 radical (unpaired) electrons. The maximum absolute atomic E-state index is 14.2. The molecule has 6 aromatic rings. The van der Waals surface area contributed by atoms with E-state index in [1.165, 1.54) is 62.7 Å². The first-order valence-corrected chi connectivity index (χ1v) is 32.3. The van der Waals surface area contributed by atoms with E-state index in [1.54, 1.807) is 0 Å². The zero-order chi connectivity index (χ0) is 75.0. The van der Waals surface area contributed by atoms with Gasteiger partial charge in [0.1, 0.15) is 53.7 Å². The standard InChI is InChI=1S/C63H71N15O24S/c1-24-49(85)30(64)14-43(101-24)102-36-18-63(99,17-29-45(36)53(89)47-46(51(29)87)50(86)28-4-3-5-35(100-2)44(28)52(47)88)38(22-79)76-77-40(81)12-13-78-41(82)16-37(59(78)94)103-23-34(61(97)98)73-57(92)33(15-42(83)84)72-56(91)31(65)21-68-39(80)11-10-32(60(95)96)71-55(90)25-6-8-26(9-7-25)67-19-27-20-69-54-48(70-27)58(93)75-62(66)74-54/h3-9,16,20,22,24,30-34,36,38,43,49,67,76,82,85,87,89,94,99H,10-15,17-19,21,23,64-65H2,1-2H3,(H,68,80)(H,71,90)(H,72,91)(H,73,92)(H,77,81)(H,83,84)(H,95,96)(H,97,98)(H3,66,69,74,75,93). The molecule has 4 heterocycles. The molecule has 40 heteroatoms. The van der Waals surface area contributed by atoms with Gasteiger partial charge in [0.15, 0.2) is 29.1 Å². The molecule has 103 heavy (non-hydrogen) atoms. The van der Waals surface area contributed by atoms with Gasteiger partial charge < -0.3 is 109 Å². The van der Waals surface area contributed by atoms with Crippen LogP contribution in [0.5, 0.6) is 29.0 Å². The van der Waals surface area contributed by atoms with Gasteiger partial charge in [-0.05, 0) is 43.7 Å². The van der Waals surface area contributed by atoms with Gasteiger partial charge in [-0.15, -0.1) is 11.8 Å². The largest absolute Gasteiger partial charge is 0.507 e. The number of fused-ring (bicyclic) bond motifs is 4. The fraction of sp³-hybridized carbons (Fsp3) is 0.381. The summed E-state index contributed by atoms with van der Waals surface area (Å²) in [5.41, 5.74) is 18.1. The number of carboxylic acid groups (broad SMARTS) is 3. The Balaban J connectivity index is 0.752. The number of carbonyl (C=O) groups excluding carboxylic acids is 8. The number of hydrogen-bond acceptors (Lipinski definition) is 30. The van der Waals surface area contributed by atoms with Crippen molar-refractivity contribution in [2.45, 2.75) is 136 Å². The minimum atomic E-state index is -2.38. The van der Waals surface area contributed by atoms with Gasteiger partial charge in [-0.25, -0.2) is 25.0 Å². The number of aliphatic carboxylic acids is 3. The number of aldehydes is 1. The number of carbonyl (C=O) groups is 11. The van der Waals surface area contributed by atoms with Crippen LogP contribution in [0.15, 0.2) is 64.4 Å². The second kappa shape index (κ2) is 32.1. The van der Waals surface area contributed by atoms with Crippen molar-refractivity contribution >= 4 is 99.9 Å². The average Bonchev–Trinajstić information content (AvgIpc) is 0.961. The number of hydrazine groups is 1. The number of phenolic OH excluding ortho intramolecular Hbond substituents is 2. The molecule has 1 aliphatic heterocycles. The highest BCUT2D eigenvalue weighted by atomic mass is 32.2. The van der Waals surface area contributed by atoms with E-state index in [0.717, 1.165) is 10.6 Å². The highest BCUT2D eigenvalue weighted by Gasteiger charge is 2.51. The van der Waals surface area contributed by atoms with E-state index in [9.17, 15) is 103 Å². The van der Waals surface area contributed by atoms with Crippen molar-refractivity contribution in [3.8, 4) is 29.0 Å². The van der Waals surface area contributed by atoms with Crippen LogP contribution < -0.4 is 64.9 Å². The predicted molar refractivity (Wildman–Crippen MR) is 353 cm³/mol. The van der Waals surface area contributed by atoms with Crippen molar-refractivity contribution < 1.29 is 113 Å². The fourth-order valence-electron chi connectivity index (χ4n) is 11.7. The molecule has 0 saturated carbocycles. The number of thioether (sulfide) groups is 1. The van der Waals surface area contributed by atoms with Crippen LogP contribution in [-0.4, -0.2) is 216 Å². The molecule has 11 atom stereocenters. The molecule has 548 valence electrons. The molecule has 39 nitrogen and oxygen atoms in total. The Morgan fingerprint density at radius 2 is 1.58 bits per heavy atom. The Labute approximate surface area is 584 Å². The molecule has 23 N–H and O–H groups in total. The SMILES string of the molecule is COc1cccc2c1C(=O)c1c(O)c3c(c(O)c1C2=O)CC(O)(C(C=O)NNC(=O)CCn1c(O)cc(SCC(NC(=O)C(CC(=O)O)NC(=O)C(N)CNC(=O)CCC(NC(=O)c2ccc(NCc4cnc5nc(N)[nH]c(=O)c5n4)cc2)C(=O)O)C(=O)O)c1O)CC3OC1CC(N)C(O)C(C)O1. The number of rotatable bonds is 31. The molecule has 0 bridgehead atoms. The molecular weight excluding hydrogens is 1380 g/mol. The molecule has 3 aromatic carbocycles. The van der Waals surface area contributed by atoms with Crippen LogP contribution in [0.1, 0.15) is 111 Å². The van der Waals surface area contributed by atoms with Gasteiger partial charge in [-0.2, -0.15) is 4.98 Å². The molecular formula is C63H71N15O24S. The number of hydrogen-bond donors (Lipinski definition) is 20. The number of ether oxygens (including phenoxy) is 3. The third-order valence-electron chi connectivity index (χ3n) is 17.1. The number of aliphatic hydroxyl groups excluding tert-OH is 1. The number of nitrogens with one attached hydrogen (secondary N) is 8. The minimum absolute atomic E-state index is 0.0110. The zero-order valence-corrected chi connectivity index (χ0v) is 55.2. The Hall–Kier alpha value is -11.4. The summed E-state index contributed by atoms with van der Waals surface area (Å²) >= 11 is 0.558. The zero-order valence-electron chi connectivity index (χ0n) is 54.4. The summed E-state index contributed by atoms with van der Waals surface area (Å²) in [7, 11) is 1.26. The van der Waals surface area contributed by atoms with E-state index in [1.807, 2.05) is 0 Å². The monoisotopic (exact) mass is 1450 g/mol. The number of nitrogens with two attached hydrogens (primary N) is 3. The van der Waals surface area contributed by atoms with Gasteiger partial charge in [0.05, 0.1) is 77.5 Å². The number of aromatic nitrogens is 5. The number of carboxylic acids is 3. The summed E-state index contributed by atoms with van der Waals surface area (Å²) in [6, 6.07) is 1.10. The normalized spacial score (nSPS) is 19.7. The number of nitrogens with zero attached hydrogens (tertiary/aromatic N) is 4. The first-order valence-electron chi connectivity index (χ1n) is 31.4. The second-order valence-corrected chi connectivity index (χ2v) is 25.2. The molecule has 3 aliphatic rings. The number of aliphatic hydroxyl groups is 2. The second-order valence-electron chi connectivity index (χ2n) is 24.1. The Morgan fingerprint density at radius 3 is 2.25 bits per heavy atom. The lowest BCUT2D eigenvalue weighted by Gasteiger charge is -2.44. The lowest BCUT2D eigenvalue weighted by Crippen LogP contribution is -2.60. The molecule has 2 aliphatic carbocycles. The van der Waals surface area contributed by atoms with Crippen LogP contribution in [0, 0.1) is 0 Å². The number of methoxy groups -OCH3 is 1. The maximum Gasteiger partial charge on any atom is 0.327 e. The van der Waals surface area contributed by atoms with E-state index in [2.05, 4.69) is 57.4 Å². The first kappa shape index (κ1) is 75.8. The minimum Gasteiger partial charge on any atom is -0.507 e. The molecule has 11 unspecified atom stereocenters. The quantitative estimate of drug-likeness (QED) is 0.00885. The highest BCUT2D eigenvalue weighted by molar-refractivity contribution is 7.99. The summed E-state index contributed by atoms with van der Waals surface area (Å²) in [4.78, 5) is 170. The Morgan fingerprint density at radius 1 is 0.883 bits per heavy atom. The van der Waals surface area contributed by atoms with E-state index in [4.69, 9.17) is 31.4 Å². The lowest BCUT2D eigenvalue weighted by molar-refractivity contribution is -0.248. The van der Waals surface area contributed by atoms with Crippen molar-refractivity contribution in [3.05, 3.63) is 110 Å². The van der Waals surface area contributed by atoms with Crippen molar-refractivity contribution in [1.29, 1.82) is 0 Å². The summed E-state index contributed by atoms with van der Waals surface area (Å²) in [5, 5.41) is 110. The maximum atomic E-state index is 14.2. The number of anilines is 2. The molecule has 5 amide bonds. The van der Waals surface area contributed by atoms with Crippen LogP contribution in [-0.2, 0) is 67.3 Å². The van der Waals surface area contributed by atoms with Crippen LogP contribution >= 0.6 is 11.8 Å². The van der Waals surface area contributed by atoms with Gasteiger partial charge in [-0.1, -0.05) is 12.1 Å². The van der Waals surface area contributed by atoms with Gasteiger partial charge in [0.25, 0.3) is 11.5 Å². The summed E-state index contributed by atoms with van der Waals surface area (Å²) < 4.78 is 18.3. The molecule has 0 spiro atoms. The molecule has 1 saturated heterocycles. The Bertz CT molecular complexity index is 4410. The molecule has 9 rings (SSSR count). The fourth-order valence-corrected chi connectivity index (χ4v) is 12.7. The number of benzene rings is 3. The van der Waals surface area contributed by atoms with Gasteiger partial charge in [0.2, 0.25) is 41.2 Å². The van der Waals surface area contributed by atoms with Crippen LogP contribution in [0.25, 0.3) is 11.2 Å². The number of ketones is 2. The molecule has 3 aromatic heterocycles. The predicted octanol–water partition coefficient (Wildman–Crippen LogP) is -3.12.